The van der Waals surface area contributed by atoms with Crippen molar-refractivity contribution in [2.24, 2.45) is 29.1 Å². The molecular formula is C16H20O3. The average molecular weight is 260 g/mol. The van der Waals surface area contributed by atoms with Gasteiger partial charge >= 0.3 is 5.97 Å². The maximum Gasteiger partial charge on any atom is 0.311 e. The van der Waals surface area contributed by atoms with Crippen LogP contribution in [0.4, 0.5) is 0 Å². The highest BCUT2D eigenvalue weighted by Crippen LogP contribution is 2.52. The number of rotatable bonds is 2. The molecule has 1 fully saturated rings. The van der Waals surface area contributed by atoms with Crippen LogP contribution in [0.25, 0.3) is 0 Å². The number of ether oxygens (including phenoxy) is 1. The first-order valence-corrected chi connectivity index (χ1v) is 6.98. The zero-order valence-electron chi connectivity index (χ0n) is 11.7. The molecule has 4 atom stereocenters. The van der Waals surface area contributed by atoms with E-state index >= 15 is 0 Å². The monoisotopic (exact) mass is 260 g/mol. The molecule has 0 heterocycles. The van der Waals surface area contributed by atoms with E-state index < -0.39 is 5.41 Å². The summed E-state index contributed by atoms with van der Waals surface area (Å²) in [6, 6.07) is 0. The Labute approximate surface area is 113 Å². The fraction of sp³-hybridized carbons (Fsp3) is 0.625. The van der Waals surface area contributed by atoms with Gasteiger partial charge in [-0.3, -0.25) is 9.59 Å². The van der Waals surface area contributed by atoms with E-state index in [0.717, 1.165) is 6.42 Å². The van der Waals surface area contributed by atoms with E-state index in [-0.39, 0.29) is 24.3 Å². The molecule has 3 aliphatic carbocycles. The van der Waals surface area contributed by atoms with Gasteiger partial charge in [0.05, 0.1) is 5.41 Å². The minimum atomic E-state index is -0.515. The summed E-state index contributed by atoms with van der Waals surface area (Å²) in [4.78, 5) is 24.1. The first kappa shape index (κ1) is 12.6. The van der Waals surface area contributed by atoms with E-state index in [0.29, 0.717) is 23.3 Å². The number of ketones is 1. The minimum Gasteiger partial charge on any atom is -0.460 e. The predicted molar refractivity (Wildman–Crippen MR) is 71.2 cm³/mol. The summed E-state index contributed by atoms with van der Waals surface area (Å²) >= 11 is 0. The van der Waals surface area contributed by atoms with Gasteiger partial charge in [-0.2, -0.15) is 0 Å². The average Bonchev–Trinajstić information content (AvgIpc) is 2.98. The third-order valence-corrected chi connectivity index (χ3v) is 4.50. The van der Waals surface area contributed by atoms with E-state index in [4.69, 9.17) is 4.74 Å². The molecule has 0 saturated heterocycles. The van der Waals surface area contributed by atoms with E-state index in [1.807, 2.05) is 20.8 Å². The van der Waals surface area contributed by atoms with Crippen LogP contribution in [0.1, 0.15) is 27.2 Å². The molecule has 0 unspecified atom stereocenters. The van der Waals surface area contributed by atoms with Crippen LogP contribution in [0.15, 0.2) is 23.8 Å². The Morgan fingerprint density at radius 2 is 2.00 bits per heavy atom. The molecule has 0 radical (unpaired) electrons. The molecule has 0 aromatic heterocycles. The van der Waals surface area contributed by atoms with Crippen LogP contribution in [0.5, 0.6) is 0 Å². The Bertz CT molecular complexity index is 493. The first-order chi connectivity index (χ1) is 8.88. The fourth-order valence-corrected chi connectivity index (χ4v) is 3.46. The molecule has 0 aromatic carbocycles. The molecule has 3 heteroatoms. The second-order valence-corrected chi connectivity index (χ2v) is 6.93. The quantitative estimate of drug-likeness (QED) is 0.566. The van der Waals surface area contributed by atoms with Gasteiger partial charge in [-0.05, 0) is 44.9 Å². The van der Waals surface area contributed by atoms with Gasteiger partial charge in [-0.1, -0.05) is 18.2 Å². The largest absolute Gasteiger partial charge is 0.460 e. The summed E-state index contributed by atoms with van der Waals surface area (Å²) in [5.41, 5.74) is 0.185. The number of hydrogen-bond acceptors (Lipinski definition) is 3. The Morgan fingerprint density at radius 1 is 1.32 bits per heavy atom. The molecule has 1 saturated carbocycles. The van der Waals surface area contributed by atoms with Gasteiger partial charge in [-0.15, -0.1) is 0 Å². The predicted octanol–water partition coefficient (Wildman–Crippen LogP) is 2.52. The third-order valence-electron chi connectivity index (χ3n) is 4.50. The van der Waals surface area contributed by atoms with Crippen molar-refractivity contribution in [2.75, 3.05) is 6.61 Å². The number of Topliss-reactive ketones (excluding diaryl/α,β-unsaturated/α-hetero) is 1. The van der Waals surface area contributed by atoms with Crippen LogP contribution < -0.4 is 0 Å². The second kappa shape index (κ2) is 4.06. The summed E-state index contributed by atoms with van der Waals surface area (Å²) in [5, 5.41) is 0. The Hall–Kier alpha value is -1.38. The topological polar surface area (TPSA) is 43.4 Å². The van der Waals surface area contributed by atoms with Crippen molar-refractivity contribution in [1.29, 1.82) is 0 Å². The summed E-state index contributed by atoms with van der Waals surface area (Å²) in [6.45, 7) is 5.60. The lowest BCUT2D eigenvalue weighted by Crippen LogP contribution is -2.26. The van der Waals surface area contributed by atoms with E-state index in [2.05, 4.69) is 18.2 Å². The lowest BCUT2D eigenvalue weighted by molar-refractivity contribution is -0.152. The van der Waals surface area contributed by atoms with Gasteiger partial charge in [0.2, 0.25) is 0 Å². The molecule has 3 aliphatic rings. The zero-order chi connectivity index (χ0) is 13.8. The van der Waals surface area contributed by atoms with Gasteiger partial charge in [0.25, 0.3) is 0 Å². The minimum absolute atomic E-state index is 0.123. The Kier molecular flexibility index (Phi) is 2.70. The molecule has 0 spiro atoms. The van der Waals surface area contributed by atoms with Crippen LogP contribution in [-0.2, 0) is 14.3 Å². The number of hydrogen-bond donors (Lipinski definition) is 0. The standard InChI is InChI=1S/C16H20O3/c1-16(2,3)15(18)19-8-11-7-12-9-4-5-10(6-9)13(12)14(11)17/h4-5,7,9-10,12-13H,6,8H2,1-3H3/t9-,10+,12+,13-/m1/s1. The van der Waals surface area contributed by atoms with Gasteiger partial charge in [0.15, 0.2) is 5.78 Å². The van der Waals surface area contributed by atoms with Crippen LogP contribution >= 0.6 is 0 Å². The van der Waals surface area contributed by atoms with Crippen molar-refractivity contribution >= 4 is 11.8 Å². The molecule has 0 aromatic rings. The SMILES string of the molecule is CC(C)(C)C(=O)OCC1=C[C@@H]2[C@H](C1=O)[C@H]1C=C[C@@H]2C1. The summed E-state index contributed by atoms with van der Waals surface area (Å²) < 4.78 is 5.27. The maximum absolute atomic E-state index is 12.3. The van der Waals surface area contributed by atoms with E-state index in [1.165, 1.54) is 0 Å². The summed E-state index contributed by atoms with van der Waals surface area (Å²) in [6.07, 6.45) is 7.59. The van der Waals surface area contributed by atoms with Crippen molar-refractivity contribution in [3.63, 3.8) is 0 Å². The fourth-order valence-electron chi connectivity index (χ4n) is 3.46. The summed E-state index contributed by atoms with van der Waals surface area (Å²) in [5.74, 6) is 1.36. The molecule has 2 bridgehead atoms. The van der Waals surface area contributed by atoms with E-state index in [9.17, 15) is 9.59 Å². The molecule has 0 amide bonds. The van der Waals surface area contributed by atoms with Crippen molar-refractivity contribution < 1.29 is 14.3 Å². The number of esters is 1. The zero-order valence-corrected chi connectivity index (χ0v) is 11.7. The van der Waals surface area contributed by atoms with Crippen LogP contribution in [0.2, 0.25) is 0 Å². The molecule has 102 valence electrons. The van der Waals surface area contributed by atoms with Crippen LogP contribution in [0.3, 0.4) is 0 Å². The first-order valence-electron chi connectivity index (χ1n) is 6.98. The normalized spacial score (nSPS) is 35.5. The second-order valence-electron chi connectivity index (χ2n) is 6.93. The number of allylic oxidation sites excluding steroid dienone is 3. The number of fused-ring (bicyclic) bond motifs is 5. The highest BCUT2D eigenvalue weighted by Gasteiger charge is 2.51. The Balaban J connectivity index is 1.67. The molecule has 19 heavy (non-hydrogen) atoms. The van der Waals surface area contributed by atoms with Crippen LogP contribution in [-0.4, -0.2) is 18.4 Å². The van der Waals surface area contributed by atoms with Gasteiger partial charge < -0.3 is 4.74 Å². The highest BCUT2D eigenvalue weighted by molar-refractivity contribution is 6.01. The highest BCUT2D eigenvalue weighted by atomic mass is 16.5. The van der Waals surface area contributed by atoms with Gasteiger partial charge in [0, 0.05) is 11.5 Å². The molecule has 3 rings (SSSR count). The number of carbonyl (C=O) groups excluding carboxylic acids is 2. The van der Waals surface area contributed by atoms with Crippen molar-refractivity contribution in [1.82, 2.24) is 0 Å². The Morgan fingerprint density at radius 3 is 2.63 bits per heavy atom. The van der Waals surface area contributed by atoms with Crippen molar-refractivity contribution in [3.8, 4) is 0 Å². The van der Waals surface area contributed by atoms with E-state index in [1.54, 1.807) is 0 Å². The maximum atomic E-state index is 12.3. The molecule has 3 nitrogen and oxygen atoms in total. The van der Waals surface area contributed by atoms with Crippen LogP contribution in [0, 0.1) is 29.1 Å². The third kappa shape index (κ3) is 1.96. The number of carbonyl (C=O) groups is 2. The van der Waals surface area contributed by atoms with Crippen molar-refractivity contribution in [2.45, 2.75) is 27.2 Å². The molecular weight excluding hydrogens is 240 g/mol. The van der Waals surface area contributed by atoms with Gasteiger partial charge in [0.1, 0.15) is 6.61 Å². The van der Waals surface area contributed by atoms with Gasteiger partial charge in [-0.25, -0.2) is 0 Å². The molecule has 0 aliphatic heterocycles. The lowest BCUT2D eigenvalue weighted by Gasteiger charge is -2.18. The summed E-state index contributed by atoms with van der Waals surface area (Å²) in [7, 11) is 0. The molecule has 0 N–H and O–H groups in total. The lowest BCUT2D eigenvalue weighted by atomic mass is 9.85. The van der Waals surface area contributed by atoms with Crippen molar-refractivity contribution in [3.05, 3.63) is 23.8 Å². The smallest absolute Gasteiger partial charge is 0.311 e.